The van der Waals surface area contributed by atoms with Gasteiger partial charge in [0.05, 0.1) is 10.6 Å². The molecule has 0 fully saturated rings. The molecule has 0 spiro atoms. The minimum Gasteiger partial charge on any atom is -0.382 e. The molecule has 7 heteroatoms. The summed E-state index contributed by atoms with van der Waals surface area (Å²) in [6.45, 7) is 1.54. The Morgan fingerprint density at radius 3 is 2.08 bits per heavy atom. The number of aromatic nitrogens is 2. The van der Waals surface area contributed by atoms with Crippen molar-refractivity contribution in [1.29, 1.82) is 0 Å². The number of hydrogen-bond donors (Lipinski definition) is 1. The third-order valence-corrected chi connectivity index (χ3v) is 5.58. The molecule has 0 aliphatic rings. The summed E-state index contributed by atoms with van der Waals surface area (Å²) in [5.41, 5.74) is 5.92. The molecule has 122 valence electrons. The molecule has 0 unspecified atom stereocenters. The molecule has 0 saturated carbocycles. The highest BCUT2D eigenvalue weighted by Crippen LogP contribution is 2.27. The number of sulfone groups is 1. The van der Waals surface area contributed by atoms with Gasteiger partial charge < -0.3 is 5.73 Å². The van der Waals surface area contributed by atoms with Crippen LogP contribution < -0.4 is 11.4 Å². The van der Waals surface area contributed by atoms with E-state index in [9.17, 15) is 13.2 Å². The predicted octanol–water partition coefficient (Wildman–Crippen LogP) is 1.96. The van der Waals surface area contributed by atoms with Crippen LogP contribution in [0.3, 0.4) is 0 Å². The zero-order chi connectivity index (χ0) is 17.3. The van der Waals surface area contributed by atoms with Crippen molar-refractivity contribution in [3.63, 3.8) is 0 Å². The first-order valence-corrected chi connectivity index (χ1v) is 8.66. The Morgan fingerprint density at radius 2 is 1.50 bits per heavy atom. The Morgan fingerprint density at radius 1 is 0.958 bits per heavy atom. The lowest BCUT2D eigenvalue weighted by Crippen LogP contribution is -2.28. The normalized spacial score (nSPS) is 11.4. The van der Waals surface area contributed by atoms with Gasteiger partial charge in [-0.1, -0.05) is 36.4 Å². The van der Waals surface area contributed by atoms with Gasteiger partial charge in [-0.05, 0) is 31.2 Å². The maximum absolute atomic E-state index is 12.9. The summed E-state index contributed by atoms with van der Waals surface area (Å²) in [5.74, 6) is -0.298. The number of nitrogens with two attached hydrogens (primary N) is 1. The van der Waals surface area contributed by atoms with Gasteiger partial charge in [-0.3, -0.25) is 4.57 Å². The molecule has 0 aliphatic carbocycles. The molecule has 2 N–H and O–H groups in total. The van der Waals surface area contributed by atoms with Crippen molar-refractivity contribution < 1.29 is 8.42 Å². The quantitative estimate of drug-likeness (QED) is 0.786. The van der Waals surface area contributed by atoms with Crippen LogP contribution in [0.2, 0.25) is 0 Å². The van der Waals surface area contributed by atoms with Crippen LogP contribution in [0.5, 0.6) is 0 Å². The van der Waals surface area contributed by atoms with Crippen molar-refractivity contribution in [3.8, 4) is 5.69 Å². The second-order valence-corrected chi connectivity index (χ2v) is 7.07. The van der Waals surface area contributed by atoms with Gasteiger partial charge >= 0.3 is 5.69 Å². The Labute approximate surface area is 139 Å². The largest absolute Gasteiger partial charge is 0.382 e. The van der Waals surface area contributed by atoms with Gasteiger partial charge in [0.2, 0.25) is 9.84 Å². The zero-order valence-corrected chi connectivity index (χ0v) is 13.7. The van der Waals surface area contributed by atoms with Gasteiger partial charge in [0.1, 0.15) is 10.7 Å². The van der Waals surface area contributed by atoms with Gasteiger partial charge in [0.25, 0.3) is 0 Å². The first-order valence-electron chi connectivity index (χ1n) is 7.17. The van der Waals surface area contributed by atoms with Crippen molar-refractivity contribution in [1.82, 2.24) is 9.55 Å². The molecule has 3 rings (SSSR count). The highest BCUT2D eigenvalue weighted by atomic mass is 32.2. The van der Waals surface area contributed by atoms with Crippen LogP contribution in [0.25, 0.3) is 5.69 Å². The maximum Gasteiger partial charge on any atom is 0.354 e. The fraction of sp³-hybridized carbons (Fsp3) is 0.0588. The van der Waals surface area contributed by atoms with Crippen molar-refractivity contribution in [3.05, 3.63) is 76.8 Å². The Bertz CT molecular complexity index is 1040. The average Bonchev–Trinajstić information content (AvgIpc) is 2.56. The molecule has 1 heterocycles. The second kappa shape index (κ2) is 5.93. The predicted molar refractivity (Wildman–Crippen MR) is 90.9 cm³/mol. The average molecular weight is 341 g/mol. The smallest absolute Gasteiger partial charge is 0.354 e. The van der Waals surface area contributed by atoms with Crippen molar-refractivity contribution in [2.24, 2.45) is 0 Å². The maximum atomic E-state index is 12.9. The molecular formula is C17H15N3O3S. The molecule has 6 nitrogen and oxygen atoms in total. The van der Waals surface area contributed by atoms with Crippen LogP contribution in [0, 0.1) is 6.92 Å². The molecule has 0 radical (unpaired) electrons. The van der Waals surface area contributed by atoms with E-state index in [4.69, 9.17) is 5.73 Å². The fourth-order valence-corrected chi connectivity index (χ4v) is 4.12. The van der Waals surface area contributed by atoms with Gasteiger partial charge in [0.15, 0.2) is 0 Å². The first kappa shape index (κ1) is 15.9. The van der Waals surface area contributed by atoms with Crippen molar-refractivity contribution >= 4 is 15.7 Å². The third-order valence-electron chi connectivity index (χ3n) is 3.64. The lowest BCUT2D eigenvalue weighted by Gasteiger charge is -2.15. The summed E-state index contributed by atoms with van der Waals surface area (Å²) in [6, 6.07) is 16.6. The summed E-state index contributed by atoms with van der Waals surface area (Å²) in [7, 11) is -3.89. The Balaban J connectivity index is 2.33. The summed E-state index contributed by atoms with van der Waals surface area (Å²) < 4.78 is 27.1. The van der Waals surface area contributed by atoms with Crippen LogP contribution >= 0.6 is 0 Å². The minimum atomic E-state index is -3.89. The van der Waals surface area contributed by atoms with Crippen LogP contribution in [0.4, 0.5) is 5.82 Å². The standard InChI is InChI=1S/C17H15N3O3S/c1-12-15(24(22,23)14-10-6-3-7-11-14)16(18)19-17(21)20(12)13-8-4-2-5-9-13/h2-11H,1H3,(H2,18,19,21). The topological polar surface area (TPSA) is 95.1 Å². The van der Waals surface area contributed by atoms with E-state index in [0.717, 1.165) is 0 Å². The monoisotopic (exact) mass is 341 g/mol. The summed E-state index contributed by atoms with van der Waals surface area (Å²) in [6.07, 6.45) is 0. The van der Waals surface area contributed by atoms with Crippen LogP contribution in [-0.4, -0.2) is 18.0 Å². The summed E-state index contributed by atoms with van der Waals surface area (Å²) in [4.78, 5) is 15.9. The van der Waals surface area contributed by atoms with Crippen LogP contribution in [-0.2, 0) is 9.84 Å². The van der Waals surface area contributed by atoms with E-state index in [1.807, 2.05) is 0 Å². The third kappa shape index (κ3) is 2.59. The molecule has 3 aromatic rings. The van der Waals surface area contributed by atoms with E-state index >= 15 is 0 Å². The summed E-state index contributed by atoms with van der Waals surface area (Å²) in [5, 5.41) is 0. The lowest BCUT2D eigenvalue weighted by atomic mass is 10.3. The molecule has 0 aliphatic heterocycles. The number of benzene rings is 2. The number of nitrogen functional groups attached to an aromatic ring is 1. The van der Waals surface area contributed by atoms with E-state index in [-0.39, 0.29) is 21.3 Å². The summed E-state index contributed by atoms with van der Waals surface area (Å²) >= 11 is 0. The van der Waals surface area contributed by atoms with Gasteiger partial charge in [-0.25, -0.2) is 13.2 Å². The molecule has 1 aromatic heterocycles. The lowest BCUT2D eigenvalue weighted by molar-refractivity contribution is 0.593. The van der Waals surface area contributed by atoms with Crippen molar-refractivity contribution in [2.45, 2.75) is 16.7 Å². The van der Waals surface area contributed by atoms with Crippen LogP contribution in [0.1, 0.15) is 5.69 Å². The number of anilines is 1. The fourth-order valence-electron chi connectivity index (χ4n) is 2.56. The Hall–Kier alpha value is -2.93. The molecule has 2 aromatic carbocycles. The molecule has 0 atom stereocenters. The molecule has 0 amide bonds. The number of para-hydroxylation sites is 1. The molecule has 0 bridgehead atoms. The van der Waals surface area contributed by atoms with Gasteiger partial charge in [0, 0.05) is 5.69 Å². The second-order valence-electron chi connectivity index (χ2n) is 5.18. The van der Waals surface area contributed by atoms with Crippen LogP contribution in [0.15, 0.2) is 75.2 Å². The number of hydrogen-bond acceptors (Lipinski definition) is 5. The van der Waals surface area contributed by atoms with E-state index in [1.54, 1.807) is 55.5 Å². The molecule has 0 saturated heterocycles. The zero-order valence-electron chi connectivity index (χ0n) is 12.9. The Kier molecular flexibility index (Phi) is 3.94. The molecule has 24 heavy (non-hydrogen) atoms. The number of rotatable bonds is 3. The minimum absolute atomic E-state index is 0.0971. The van der Waals surface area contributed by atoms with E-state index < -0.39 is 15.5 Å². The van der Waals surface area contributed by atoms with E-state index in [2.05, 4.69) is 4.98 Å². The highest BCUT2D eigenvalue weighted by Gasteiger charge is 2.26. The molecular weight excluding hydrogens is 326 g/mol. The highest BCUT2D eigenvalue weighted by molar-refractivity contribution is 7.91. The van der Waals surface area contributed by atoms with Crippen molar-refractivity contribution in [2.75, 3.05) is 5.73 Å². The van der Waals surface area contributed by atoms with Gasteiger partial charge in [-0.2, -0.15) is 4.98 Å². The van der Waals surface area contributed by atoms with E-state index in [0.29, 0.717) is 5.69 Å². The van der Waals surface area contributed by atoms with E-state index in [1.165, 1.54) is 16.7 Å². The number of nitrogens with zero attached hydrogens (tertiary/aromatic N) is 2. The van der Waals surface area contributed by atoms with Gasteiger partial charge in [-0.15, -0.1) is 0 Å². The first-order chi connectivity index (χ1) is 11.4. The SMILES string of the molecule is Cc1c(S(=O)(=O)c2ccccc2)c(N)nc(=O)n1-c1ccccc1.